The Morgan fingerprint density at radius 1 is 1.33 bits per heavy atom. The molecule has 1 aliphatic heterocycles. The third-order valence-electron chi connectivity index (χ3n) is 3.55. The van der Waals surface area contributed by atoms with Crippen LogP contribution in [-0.4, -0.2) is 37.2 Å². The summed E-state index contributed by atoms with van der Waals surface area (Å²) in [6, 6.07) is 7.85. The number of hydrogen-bond donors (Lipinski definition) is 2. The van der Waals surface area contributed by atoms with E-state index in [9.17, 15) is 14.4 Å². The smallest absolute Gasteiger partial charge is 0.414 e. The predicted molar refractivity (Wildman–Crippen MR) is 86.7 cm³/mol. The summed E-state index contributed by atoms with van der Waals surface area (Å²) < 4.78 is 10.2. The molecule has 1 fully saturated rings. The summed E-state index contributed by atoms with van der Waals surface area (Å²) in [4.78, 5) is 39.4. The van der Waals surface area contributed by atoms with Gasteiger partial charge in [0.05, 0.1) is 19.3 Å². The van der Waals surface area contributed by atoms with Crippen LogP contribution in [0.15, 0.2) is 41.3 Å². The lowest BCUT2D eigenvalue weighted by Crippen LogP contribution is -2.24. The molecule has 3 rings (SSSR count). The molecule has 8 nitrogen and oxygen atoms in total. The number of amides is 2. The van der Waals surface area contributed by atoms with E-state index in [1.54, 1.807) is 24.3 Å². The van der Waals surface area contributed by atoms with Crippen molar-refractivity contribution in [2.75, 3.05) is 30.5 Å². The number of ether oxygens (including phenoxy) is 2. The van der Waals surface area contributed by atoms with Gasteiger partial charge in [-0.3, -0.25) is 14.5 Å². The molecule has 1 aliphatic rings. The van der Waals surface area contributed by atoms with Gasteiger partial charge in [-0.2, -0.15) is 0 Å². The highest BCUT2D eigenvalue weighted by atomic mass is 16.6. The second kappa shape index (κ2) is 6.45. The monoisotopic (exact) mass is 329 g/mol. The van der Waals surface area contributed by atoms with Crippen LogP contribution in [0.3, 0.4) is 0 Å². The summed E-state index contributed by atoms with van der Waals surface area (Å²) in [7, 11) is 1.47. The number of carbonyl (C=O) groups is 2. The topological polar surface area (TPSA) is 101 Å². The van der Waals surface area contributed by atoms with Crippen molar-refractivity contribution in [1.82, 2.24) is 4.98 Å². The van der Waals surface area contributed by atoms with Crippen LogP contribution in [0, 0.1) is 0 Å². The first-order valence-corrected chi connectivity index (χ1v) is 7.21. The van der Waals surface area contributed by atoms with E-state index < -0.39 is 17.6 Å². The van der Waals surface area contributed by atoms with Gasteiger partial charge in [0.15, 0.2) is 0 Å². The number of carbonyl (C=O) groups excluding carboxylic acids is 2. The Morgan fingerprint density at radius 2 is 2.17 bits per heavy atom. The molecule has 0 saturated carbocycles. The second-order valence-electron chi connectivity index (χ2n) is 5.02. The number of nitrogens with zero attached hydrogens (tertiary/aromatic N) is 1. The Balaban J connectivity index is 1.85. The average molecular weight is 329 g/mol. The van der Waals surface area contributed by atoms with E-state index in [1.165, 1.54) is 24.3 Å². The van der Waals surface area contributed by atoms with E-state index in [1.807, 2.05) is 0 Å². The molecule has 0 unspecified atom stereocenters. The number of methoxy groups -OCH3 is 1. The summed E-state index contributed by atoms with van der Waals surface area (Å²) in [6.07, 6.45) is 1.01. The van der Waals surface area contributed by atoms with Gasteiger partial charge in [0.2, 0.25) is 0 Å². The average Bonchev–Trinajstić information content (AvgIpc) is 3.01. The van der Waals surface area contributed by atoms with Crippen molar-refractivity contribution in [3.63, 3.8) is 0 Å². The van der Waals surface area contributed by atoms with Gasteiger partial charge in [-0.1, -0.05) is 0 Å². The first kappa shape index (κ1) is 15.6. The maximum Gasteiger partial charge on any atom is 0.414 e. The molecule has 8 heteroatoms. The fraction of sp³-hybridized carbons (Fsp3) is 0.188. The van der Waals surface area contributed by atoms with Crippen LogP contribution in [0.4, 0.5) is 16.2 Å². The van der Waals surface area contributed by atoms with Crippen molar-refractivity contribution in [3.05, 3.63) is 52.4 Å². The fourth-order valence-corrected chi connectivity index (χ4v) is 2.39. The molecule has 2 amide bonds. The summed E-state index contributed by atoms with van der Waals surface area (Å²) in [5, 5.41) is 2.63. The van der Waals surface area contributed by atoms with Gasteiger partial charge in [-0.05, 0) is 24.3 Å². The second-order valence-corrected chi connectivity index (χ2v) is 5.02. The normalized spacial score (nSPS) is 13.5. The van der Waals surface area contributed by atoms with Crippen LogP contribution < -0.4 is 20.5 Å². The first-order valence-electron chi connectivity index (χ1n) is 7.21. The van der Waals surface area contributed by atoms with Crippen LogP contribution in [0.5, 0.6) is 5.75 Å². The molecule has 0 bridgehead atoms. The van der Waals surface area contributed by atoms with Gasteiger partial charge < -0.3 is 19.8 Å². The van der Waals surface area contributed by atoms with Crippen molar-refractivity contribution in [2.45, 2.75) is 0 Å². The molecule has 0 aliphatic carbocycles. The Bertz CT molecular complexity index is 846. The number of pyridine rings is 1. The van der Waals surface area contributed by atoms with Crippen LogP contribution in [0.1, 0.15) is 10.4 Å². The third kappa shape index (κ3) is 2.94. The minimum atomic E-state index is -0.535. The minimum absolute atomic E-state index is 0.00339. The van der Waals surface area contributed by atoms with Crippen molar-refractivity contribution < 1.29 is 19.1 Å². The lowest BCUT2D eigenvalue weighted by Gasteiger charge is -2.17. The highest BCUT2D eigenvalue weighted by molar-refractivity contribution is 6.04. The molecule has 1 aromatic carbocycles. The molecule has 2 heterocycles. The number of benzene rings is 1. The van der Waals surface area contributed by atoms with Crippen molar-refractivity contribution in [2.24, 2.45) is 0 Å². The number of rotatable bonds is 4. The molecule has 0 radical (unpaired) electrons. The van der Waals surface area contributed by atoms with Crippen molar-refractivity contribution in [1.29, 1.82) is 0 Å². The lowest BCUT2D eigenvalue weighted by molar-refractivity contribution is 0.102. The standard InChI is InChI=1S/C16H15N3O5/c1-23-13-9-10(4-5-12(13)19-7-8-24-16(19)22)18-15(21)11-3-2-6-17-14(11)20/h2-6,9H,7-8H2,1H3,(H,17,20)(H,18,21). The Labute approximate surface area is 137 Å². The van der Waals surface area contributed by atoms with Gasteiger partial charge in [-0.25, -0.2) is 4.79 Å². The van der Waals surface area contributed by atoms with E-state index in [2.05, 4.69) is 10.3 Å². The molecule has 0 spiro atoms. The molecule has 2 N–H and O–H groups in total. The zero-order valence-electron chi connectivity index (χ0n) is 12.9. The number of nitrogens with one attached hydrogen (secondary N) is 2. The maximum atomic E-state index is 12.2. The first-order chi connectivity index (χ1) is 11.6. The van der Waals surface area contributed by atoms with Crippen LogP contribution in [0.25, 0.3) is 0 Å². The quantitative estimate of drug-likeness (QED) is 0.887. The van der Waals surface area contributed by atoms with Gasteiger partial charge in [0, 0.05) is 18.0 Å². The molecule has 0 atom stereocenters. The molecular weight excluding hydrogens is 314 g/mol. The van der Waals surface area contributed by atoms with E-state index in [0.717, 1.165) is 0 Å². The summed E-state index contributed by atoms with van der Waals surface area (Å²) >= 11 is 0. The maximum absolute atomic E-state index is 12.2. The van der Waals surface area contributed by atoms with E-state index in [4.69, 9.17) is 9.47 Å². The third-order valence-corrected chi connectivity index (χ3v) is 3.55. The molecule has 1 aromatic heterocycles. The number of anilines is 2. The fourth-order valence-electron chi connectivity index (χ4n) is 2.39. The van der Waals surface area contributed by atoms with Crippen molar-refractivity contribution >= 4 is 23.4 Å². The largest absolute Gasteiger partial charge is 0.494 e. The zero-order valence-corrected chi connectivity index (χ0v) is 12.9. The molecular formula is C16H15N3O5. The molecule has 24 heavy (non-hydrogen) atoms. The number of aromatic amines is 1. The van der Waals surface area contributed by atoms with E-state index in [0.29, 0.717) is 30.3 Å². The lowest BCUT2D eigenvalue weighted by atomic mass is 10.2. The Morgan fingerprint density at radius 3 is 2.83 bits per heavy atom. The number of cyclic esters (lactones) is 1. The molecule has 1 saturated heterocycles. The SMILES string of the molecule is COc1cc(NC(=O)c2ccc[nH]c2=O)ccc1N1CCOC1=O. The highest BCUT2D eigenvalue weighted by Gasteiger charge is 2.26. The van der Waals surface area contributed by atoms with Gasteiger partial charge in [0.25, 0.3) is 11.5 Å². The van der Waals surface area contributed by atoms with E-state index >= 15 is 0 Å². The van der Waals surface area contributed by atoms with Gasteiger partial charge >= 0.3 is 6.09 Å². The minimum Gasteiger partial charge on any atom is -0.494 e. The summed E-state index contributed by atoms with van der Waals surface area (Å²) in [6.45, 7) is 0.748. The highest BCUT2D eigenvalue weighted by Crippen LogP contribution is 2.33. The molecule has 2 aromatic rings. The Hall–Kier alpha value is -3.29. The zero-order chi connectivity index (χ0) is 17.1. The number of H-pyrrole nitrogens is 1. The van der Waals surface area contributed by atoms with Crippen LogP contribution >= 0.6 is 0 Å². The number of aromatic nitrogens is 1. The molecule has 124 valence electrons. The van der Waals surface area contributed by atoms with Crippen LogP contribution in [-0.2, 0) is 4.74 Å². The Kier molecular flexibility index (Phi) is 4.19. The van der Waals surface area contributed by atoms with Crippen molar-refractivity contribution in [3.8, 4) is 5.75 Å². The number of hydrogen-bond acceptors (Lipinski definition) is 5. The predicted octanol–water partition coefficient (Wildman–Crippen LogP) is 1.59. The van der Waals surface area contributed by atoms with Crippen LogP contribution in [0.2, 0.25) is 0 Å². The van der Waals surface area contributed by atoms with E-state index in [-0.39, 0.29) is 5.56 Å². The summed E-state index contributed by atoms with van der Waals surface area (Å²) in [5.74, 6) is -0.124. The van der Waals surface area contributed by atoms with Gasteiger partial charge in [-0.15, -0.1) is 0 Å². The summed E-state index contributed by atoms with van der Waals surface area (Å²) in [5.41, 5.74) is 0.522. The van der Waals surface area contributed by atoms with Gasteiger partial charge in [0.1, 0.15) is 17.9 Å².